The quantitative estimate of drug-likeness (QED) is 0.152. The number of aromatic hydroxyl groups is 3. The number of Topliss-reactive ketones (excluding diaryl/α,β-unsaturated/α-hetero) is 1. The average molecular weight is 716 g/mol. The average Bonchev–Trinajstić information content (AvgIpc) is 3.11. The maximum atomic E-state index is 13.5. The van der Waals surface area contributed by atoms with Crippen LogP contribution in [0.2, 0.25) is 0 Å². The van der Waals surface area contributed by atoms with Crippen LogP contribution in [-0.4, -0.2) is 27.1 Å². The van der Waals surface area contributed by atoms with E-state index in [1.807, 2.05) is 0 Å². The van der Waals surface area contributed by atoms with Crippen LogP contribution in [0, 0.1) is 0 Å². The summed E-state index contributed by atoms with van der Waals surface area (Å²) in [6, 6.07) is 12.1. The predicted molar refractivity (Wildman–Crippen MR) is 140 cm³/mol. The Morgan fingerprint density at radius 2 is 1.38 bits per heavy atom. The highest BCUT2D eigenvalue weighted by Crippen LogP contribution is 2.41. The molecule has 6 nitrogen and oxygen atoms in total. The monoisotopic (exact) mass is 712 g/mol. The Balaban J connectivity index is 1.95. The number of allylic oxidation sites excluding steroid dienone is 1. The van der Waals surface area contributed by atoms with Crippen molar-refractivity contribution in [1.82, 2.24) is 0 Å². The maximum absolute atomic E-state index is 13.5. The molecular weight excluding hydrogens is 704 g/mol. The van der Waals surface area contributed by atoms with Gasteiger partial charge in [0.2, 0.25) is 5.78 Å². The number of phenolic OH excluding ortho intramolecular Hbond substituents is 3. The van der Waals surface area contributed by atoms with Gasteiger partial charge in [0.15, 0.2) is 0 Å². The van der Waals surface area contributed by atoms with Gasteiger partial charge in [-0.2, -0.15) is 0 Å². The van der Waals surface area contributed by atoms with Crippen LogP contribution in [-0.2, 0) is 9.53 Å². The van der Waals surface area contributed by atoms with E-state index < -0.39 is 11.8 Å². The number of cyclic esters (lactones) is 1. The van der Waals surface area contributed by atoms with Crippen molar-refractivity contribution in [2.24, 2.45) is 0 Å². The van der Waals surface area contributed by atoms with Crippen LogP contribution >= 0.6 is 63.7 Å². The molecule has 0 aromatic heterocycles. The molecule has 4 rings (SSSR count). The van der Waals surface area contributed by atoms with Crippen LogP contribution in [0.5, 0.6) is 17.2 Å². The molecule has 1 aliphatic rings. The number of ketones is 1. The number of rotatable bonds is 4. The third-order valence-electron chi connectivity index (χ3n) is 4.92. The molecule has 0 aliphatic carbocycles. The molecule has 10 heteroatoms. The Labute approximate surface area is 227 Å². The lowest BCUT2D eigenvalue weighted by atomic mass is 9.93. The van der Waals surface area contributed by atoms with Crippen LogP contribution in [0.3, 0.4) is 0 Å². The zero-order valence-electron chi connectivity index (χ0n) is 16.8. The summed E-state index contributed by atoms with van der Waals surface area (Å²) in [6.07, 6.45) is 1.57. The van der Waals surface area contributed by atoms with Crippen molar-refractivity contribution in [3.63, 3.8) is 0 Å². The summed E-state index contributed by atoms with van der Waals surface area (Å²) in [6.45, 7) is 0. The summed E-state index contributed by atoms with van der Waals surface area (Å²) in [5, 5.41) is 29.7. The summed E-state index contributed by atoms with van der Waals surface area (Å²) in [5.74, 6) is -1.37. The third kappa shape index (κ3) is 4.72. The van der Waals surface area contributed by atoms with Gasteiger partial charge < -0.3 is 20.1 Å². The molecule has 0 spiro atoms. The second-order valence-electron chi connectivity index (χ2n) is 7.14. The van der Waals surface area contributed by atoms with E-state index >= 15 is 0 Å². The van der Waals surface area contributed by atoms with Crippen molar-refractivity contribution in [1.29, 1.82) is 0 Å². The zero-order valence-corrected chi connectivity index (χ0v) is 23.1. The predicted octanol–water partition coefficient (Wildman–Crippen LogP) is 7.09. The fraction of sp³-hybridized carbons (Fsp3) is 0. The standard InChI is InChI=1S/C24H12Br4O6/c25-13-5-10(1-3-17(13)29)6-19-20(11-2-4-18(30)14(26)7-11)21(24(33)34-19)22(31)12-8-15(27)23(32)16(28)9-12/h1-9,29-30,32H. The number of hydrogen-bond donors (Lipinski definition) is 3. The Morgan fingerprint density at radius 1 is 0.794 bits per heavy atom. The minimum Gasteiger partial charge on any atom is -0.507 e. The van der Waals surface area contributed by atoms with Gasteiger partial charge in [-0.3, -0.25) is 4.79 Å². The van der Waals surface area contributed by atoms with Gasteiger partial charge in [-0.25, -0.2) is 4.79 Å². The molecule has 34 heavy (non-hydrogen) atoms. The lowest BCUT2D eigenvalue weighted by Gasteiger charge is -2.09. The van der Waals surface area contributed by atoms with Crippen molar-refractivity contribution in [2.75, 3.05) is 0 Å². The fourth-order valence-corrected chi connectivity index (χ4v) is 5.25. The minimum atomic E-state index is -0.839. The van der Waals surface area contributed by atoms with Gasteiger partial charge in [0.05, 0.1) is 17.9 Å². The lowest BCUT2D eigenvalue weighted by Crippen LogP contribution is -2.11. The van der Waals surface area contributed by atoms with Gasteiger partial charge in [0.1, 0.15) is 28.6 Å². The zero-order chi connectivity index (χ0) is 24.7. The number of esters is 1. The molecule has 0 fully saturated rings. The second-order valence-corrected chi connectivity index (χ2v) is 10.6. The second kappa shape index (κ2) is 9.69. The van der Waals surface area contributed by atoms with E-state index in [9.17, 15) is 24.9 Å². The van der Waals surface area contributed by atoms with Crippen LogP contribution in [0.25, 0.3) is 11.6 Å². The van der Waals surface area contributed by atoms with Crippen molar-refractivity contribution in [3.8, 4) is 17.2 Å². The van der Waals surface area contributed by atoms with Gasteiger partial charge in [0.25, 0.3) is 0 Å². The van der Waals surface area contributed by atoms with E-state index in [-0.39, 0.29) is 48.7 Å². The Hall–Kier alpha value is -2.40. The smallest absolute Gasteiger partial charge is 0.348 e. The number of hydrogen-bond acceptors (Lipinski definition) is 6. The van der Waals surface area contributed by atoms with E-state index in [0.717, 1.165) is 0 Å². The fourth-order valence-electron chi connectivity index (χ4n) is 3.29. The number of carbonyl (C=O) groups is 2. The first-order valence-corrected chi connectivity index (χ1v) is 12.6. The van der Waals surface area contributed by atoms with Gasteiger partial charge in [-0.05, 0) is 117 Å². The van der Waals surface area contributed by atoms with E-state index in [4.69, 9.17) is 4.74 Å². The molecule has 0 radical (unpaired) electrons. The summed E-state index contributed by atoms with van der Waals surface area (Å²) in [5.41, 5.74) is 1.24. The molecule has 1 aliphatic heterocycles. The number of ether oxygens (including phenoxy) is 1. The Kier molecular flexibility index (Phi) is 7.04. The molecular formula is C24H12Br4O6. The van der Waals surface area contributed by atoms with Gasteiger partial charge in [-0.1, -0.05) is 12.1 Å². The van der Waals surface area contributed by atoms with E-state index in [1.54, 1.807) is 30.3 Å². The number of carbonyl (C=O) groups excluding carboxylic acids is 2. The van der Waals surface area contributed by atoms with Crippen molar-refractivity contribution in [3.05, 3.63) is 94.4 Å². The first-order chi connectivity index (χ1) is 16.1. The molecule has 3 N–H and O–H groups in total. The molecule has 0 atom stereocenters. The molecule has 0 saturated heterocycles. The summed E-state index contributed by atoms with van der Waals surface area (Å²) < 4.78 is 6.87. The summed E-state index contributed by atoms with van der Waals surface area (Å²) >= 11 is 12.9. The highest BCUT2D eigenvalue weighted by molar-refractivity contribution is 9.11. The number of halogens is 4. The Morgan fingerprint density at radius 3 is 1.97 bits per heavy atom. The maximum Gasteiger partial charge on any atom is 0.348 e. The summed E-state index contributed by atoms with van der Waals surface area (Å²) in [7, 11) is 0. The van der Waals surface area contributed by atoms with Crippen molar-refractivity contribution >= 4 is 87.1 Å². The summed E-state index contributed by atoms with van der Waals surface area (Å²) in [4.78, 5) is 26.5. The van der Waals surface area contributed by atoms with Gasteiger partial charge in [0, 0.05) is 11.1 Å². The lowest BCUT2D eigenvalue weighted by molar-refractivity contribution is -0.132. The van der Waals surface area contributed by atoms with E-state index in [2.05, 4.69) is 63.7 Å². The van der Waals surface area contributed by atoms with Crippen LogP contribution < -0.4 is 0 Å². The molecule has 1 heterocycles. The highest BCUT2D eigenvalue weighted by Gasteiger charge is 2.36. The molecule has 0 bridgehead atoms. The van der Waals surface area contributed by atoms with Crippen molar-refractivity contribution < 1.29 is 29.6 Å². The number of benzene rings is 3. The highest BCUT2D eigenvalue weighted by atomic mass is 79.9. The molecule has 0 unspecified atom stereocenters. The molecule has 3 aromatic carbocycles. The first-order valence-electron chi connectivity index (χ1n) is 9.45. The van der Waals surface area contributed by atoms with Crippen molar-refractivity contribution in [2.45, 2.75) is 0 Å². The van der Waals surface area contributed by atoms with Crippen LogP contribution in [0.15, 0.2) is 77.8 Å². The SMILES string of the molecule is O=C1OC(=Cc2ccc(O)c(Br)c2)C(c2ccc(O)c(Br)c2)=C1C(=O)c1cc(Br)c(O)c(Br)c1. The van der Waals surface area contributed by atoms with Gasteiger partial charge >= 0.3 is 5.97 Å². The first kappa shape index (κ1) is 24.7. The van der Waals surface area contributed by atoms with Crippen LogP contribution in [0.4, 0.5) is 0 Å². The van der Waals surface area contributed by atoms with E-state index in [1.165, 1.54) is 24.3 Å². The molecule has 0 amide bonds. The van der Waals surface area contributed by atoms with Crippen LogP contribution in [0.1, 0.15) is 21.5 Å². The number of phenols is 3. The largest absolute Gasteiger partial charge is 0.507 e. The third-order valence-corrected chi connectivity index (χ3v) is 7.39. The Bertz CT molecular complexity index is 1420. The van der Waals surface area contributed by atoms with E-state index in [0.29, 0.717) is 20.1 Å². The topological polar surface area (TPSA) is 104 Å². The molecule has 172 valence electrons. The normalized spacial score (nSPS) is 14.6. The molecule has 3 aromatic rings. The van der Waals surface area contributed by atoms with Gasteiger partial charge in [-0.15, -0.1) is 0 Å². The minimum absolute atomic E-state index is 0.0122. The molecule has 0 saturated carbocycles.